The van der Waals surface area contributed by atoms with Gasteiger partial charge in [0.15, 0.2) is 6.04 Å². The highest BCUT2D eigenvalue weighted by Gasteiger charge is 2.20. The third-order valence-corrected chi connectivity index (χ3v) is 2.48. The number of carbonyl (C=O) groups excluding carboxylic acids is 2. The molecule has 0 radical (unpaired) electrons. The fourth-order valence-corrected chi connectivity index (χ4v) is 1.75. The van der Waals surface area contributed by atoms with Crippen molar-refractivity contribution >= 4 is 11.9 Å². The van der Waals surface area contributed by atoms with Crippen molar-refractivity contribution in [3.05, 3.63) is 29.3 Å². The second-order valence-electron chi connectivity index (χ2n) is 4.41. The number of nitrogens with one attached hydrogen (secondary N) is 1. The van der Waals surface area contributed by atoms with E-state index in [1.54, 1.807) is 0 Å². The third kappa shape index (κ3) is 4.99. The van der Waals surface area contributed by atoms with Crippen molar-refractivity contribution in [3.8, 4) is 5.75 Å². The van der Waals surface area contributed by atoms with Gasteiger partial charge in [0.05, 0.1) is 7.11 Å². The van der Waals surface area contributed by atoms with E-state index in [-0.39, 0.29) is 12.5 Å². The van der Waals surface area contributed by atoms with Gasteiger partial charge < -0.3 is 14.8 Å². The number of methoxy groups -OCH3 is 1. The minimum Gasteiger partial charge on any atom is -0.491 e. The van der Waals surface area contributed by atoms with Gasteiger partial charge in [-0.3, -0.25) is 4.79 Å². The molecule has 0 fully saturated rings. The molecule has 0 bridgehead atoms. The Morgan fingerprint density at radius 3 is 2.26 bits per heavy atom. The first-order valence-electron chi connectivity index (χ1n) is 5.98. The summed E-state index contributed by atoms with van der Waals surface area (Å²) in [6.45, 7) is 5.30. The van der Waals surface area contributed by atoms with Crippen LogP contribution in [0.1, 0.15) is 18.1 Å². The van der Waals surface area contributed by atoms with E-state index in [2.05, 4.69) is 10.1 Å². The van der Waals surface area contributed by atoms with Crippen LogP contribution in [0.5, 0.6) is 5.75 Å². The molecule has 104 valence electrons. The quantitative estimate of drug-likeness (QED) is 0.816. The lowest BCUT2D eigenvalue weighted by atomic mass is 10.1. The van der Waals surface area contributed by atoms with E-state index in [1.165, 1.54) is 14.0 Å². The molecule has 0 aromatic heterocycles. The molecule has 1 amide bonds. The highest BCUT2D eigenvalue weighted by Crippen LogP contribution is 2.16. The molecule has 5 nitrogen and oxygen atoms in total. The molecule has 0 aliphatic heterocycles. The van der Waals surface area contributed by atoms with E-state index in [0.29, 0.717) is 5.75 Å². The van der Waals surface area contributed by atoms with E-state index < -0.39 is 12.0 Å². The van der Waals surface area contributed by atoms with Gasteiger partial charge >= 0.3 is 5.97 Å². The Bertz CT molecular complexity index is 450. The number of esters is 1. The molecule has 1 aromatic carbocycles. The molecule has 0 saturated heterocycles. The predicted molar refractivity (Wildman–Crippen MR) is 71.0 cm³/mol. The maximum Gasteiger partial charge on any atom is 0.331 e. The number of amides is 1. The lowest BCUT2D eigenvalue weighted by Gasteiger charge is -2.16. The highest BCUT2D eigenvalue weighted by atomic mass is 16.5. The van der Waals surface area contributed by atoms with Crippen LogP contribution in [-0.2, 0) is 14.3 Å². The van der Waals surface area contributed by atoms with Gasteiger partial charge in [-0.15, -0.1) is 0 Å². The lowest BCUT2D eigenvalue weighted by Crippen LogP contribution is -2.44. The van der Waals surface area contributed by atoms with Gasteiger partial charge in [0.1, 0.15) is 12.4 Å². The second-order valence-corrected chi connectivity index (χ2v) is 4.41. The van der Waals surface area contributed by atoms with Crippen molar-refractivity contribution in [1.82, 2.24) is 5.32 Å². The van der Waals surface area contributed by atoms with Crippen LogP contribution in [-0.4, -0.2) is 31.6 Å². The van der Waals surface area contributed by atoms with Gasteiger partial charge in [-0.2, -0.15) is 0 Å². The van der Waals surface area contributed by atoms with Gasteiger partial charge in [0.2, 0.25) is 5.91 Å². The van der Waals surface area contributed by atoms with Crippen molar-refractivity contribution < 1.29 is 19.1 Å². The van der Waals surface area contributed by atoms with Crippen LogP contribution in [0.4, 0.5) is 0 Å². The zero-order chi connectivity index (χ0) is 14.4. The van der Waals surface area contributed by atoms with Crippen LogP contribution in [0, 0.1) is 13.8 Å². The Hall–Kier alpha value is -2.04. The van der Waals surface area contributed by atoms with Gasteiger partial charge in [0.25, 0.3) is 0 Å². The maximum absolute atomic E-state index is 11.5. The molecule has 1 N–H and O–H groups in total. The average Bonchev–Trinajstić information content (AvgIpc) is 2.31. The van der Waals surface area contributed by atoms with Crippen LogP contribution >= 0.6 is 0 Å². The molecule has 0 spiro atoms. The Morgan fingerprint density at radius 1 is 1.21 bits per heavy atom. The average molecular weight is 265 g/mol. The molecule has 0 aliphatic carbocycles. The largest absolute Gasteiger partial charge is 0.491 e. The number of hydrogen-bond donors (Lipinski definition) is 1. The summed E-state index contributed by atoms with van der Waals surface area (Å²) in [6.07, 6.45) is 0. The molecule has 5 heteroatoms. The molecule has 0 heterocycles. The molecular formula is C14H19NO4. The third-order valence-electron chi connectivity index (χ3n) is 2.48. The number of benzene rings is 1. The Morgan fingerprint density at radius 2 is 1.79 bits per heavy atom. The van der Waals surface area contributed by atoms with Crippen molar-refractivity contribution in [3.63, 3.8) is 0 Å². The number of rotatable bonds is 5. The van der Waals surface area contributed by atoms with Crippen molar-refractivity contribution in [2.75, 3.05) is 13.7 Å². The van der Waals surface area contributed by atoms with Crippen LogP contribution in [0.3, 0.4) is 0 Å². The summed E-state index contributed by atoms with van der Waals surface area (Å²) < 4.78 is 10.2. The molecule has 1 unspecified atom stereocenters. The van der Waals surface area contributed by atoms with Gasteiger partial charge in [-0.05, 0) is 37.1 Å². The normalized spacial score (nSPS) is 11.6. The molecule has 19 heavy (non-hydrogen) atoms. The SMILES string of the molecule is COC(=O)C(COc1cc(C)cc(C)c1)NC(C)=O. The maximum atomic E-state index is 11.5. The first-order valence-corrected chi connectivity index (χ1v) is 5.98. The summed E-state index contributed by atoms with van der Waals surface area (Å²) in [5.41, 5.74) is 2.15. The molecule has 0 aliphatic rings. The molecule has 1 atom stereocenters. The van der Waals surface area contributed by atoms with E-state index in [1.807, 2.05) is 32.0 Å². The monoisotopic (exact) mass is 265 g/mol. The second kappa shape index (κ2) is 6.78. The predicted octanol–water partition coefficient (Wildman–Crippen LogP) is 1.36. The van der Waals surface area contributed by atoms with Crippen molar-refractivity contribution in [2.45, 2.75) is 26.8 Å². The molecular weight excluding hydrogens is 246 g/mol. The number of hydrogen-bond acceptors (Lipinski definition) is 4. The van der Waals surface area contributed by atoms with Crippen LogP contribution in [0.2, 0.25) is 0 Å². The molecule has 0 saturated carbocycles. The standard InChI is InChI=1S/C14H19NO4/c1-9-5-10(2)7-12(6-9)19-8-13(14(17)18-4)15-11(3)16/h5-7,13H,8H2,1-4H3,(H,15,16). The van der Waals surface area contributed by atoms with Crippen LogP contribution in [0.15, 0.2) is 18.2 Å². The minimum absolute atomic E-state index is 0.0369. The van der Waals surface area contributed by atoms with Crippen LogP contribution in [0.25, 0.3) is 0 Å². The van der Waals surface area contributed by atoms with Gasteiger partial charge in [-0.25, -0.2) is 4.79 Å². The van der Waals surface area contributed by atoms with Gasteiger partial charge in [0, 0.05) is 6.92 Å². The zero-order valence-electron chi connectivity index (χ0n) is 11.6. The van der Waals surface area contributed by atoms with Crippen molar-refractivity contribution in [2.24, 2.45) is 0 Å². The first-order chi connectivity index (χ1) is 8.92. The summed E-state index contributed by atoms with van der Waals surface area (Å²) in [5, 5.41) is 2.49. The van der Waals surface area contributed by atoms with E-state index in [0.717, 1.165) is 11.1 Å². The van der Waals surface area contributed by atoms with E-state index in [9.17, 15) is 9.59 Å². The Labute approximate surface area is 112 Å². The summed E-state index contributed by atoms with van der Waals surface area (Å²) in [4.78, 5) is 22.5. The van der Waals surface area contributed by atoms with E-state index in [4.69, 9.17) is 4.74 Å². The lowest BCUT2D eigenvalue weighted by molar-refractivity contribution is -0.145. The smallest absolute Gasteiger partial charge is 0.331 e. The summed E-state index contributed by atoms with van der Waals surface area (Å²) in [6, 6.07) is 4.96. The molecule has 1 rings (SSSR count). The first kappa shape index (κ1) is 15.0. The topological polar surface area (TPSA) is 64.6 Å². The fraction of sp³-hybridized carbons (Fsp3) is 0.429. The summed E-state index contributed by atoms with van der Waals surface area (Å²) in [5.74, 6) is -0.171. The summed E-state index contributed by atoms with van der Waals surface area (Å²) >= 11 is 0. The number of aryl methyl sites for hydroxylation is 2. The Balaban J connectivity index is 2.69. The van der Waals surface area contributed by atoms with Crippen LogP contribution < -0.4 is 10.1 Å². The summed E-state index contributed by atoms with van der Waals surface area (Å²) in [7, 11) is 1.27. The zero-order valence-corrected chi connectivity index (χ0v) is 11.6. The minimum atomic E-state index is -0.802. The molecule has 1 aromatic rings. The van der Waals surface area contributed by atoms with E-state index >= 15 is 0 Å². The number of ether oxygens (including phenoxy) is 2. The fourth-order valence-electron chi connectivity index (χ4n) is 1.75. The van der Waals surface area contributed by atoms with Crippen molar-refractivity contribution in [1.29, 1.82) is 0 Å². The Kier molecular flexibility index (Phi) is 5.36. The number of carbonyl (C=O) groups is 2. The van der Waals surface area contributed by atoms with Gasteiger partial charge in [-0.1, -0.05) is 6.07 Å². The highest BCUT2D eigenvalue weighted by molar-refractivity contribution is 5.83.